The number of aromatic nitrogens is 1. The van der Waals surface area contributed by atoms with Gasteiger partial charge < -0.3 is 15.4 Å². The summed E-state index contributed by atoms with van der Waals surface area (Å²) in [5, 5.41) is 0. The van der Waals surface area contributed by atoms with Gasteiger partial charge in [0.05, 0.1) is 12.8 Å². The molecule has 2 N–H and O–H groups in total. The van der Waals surface area contributed by atoms with Crippen molar-refractivity contribution in [3.05, 3.63) is 12.1 Å². The van der Waals surface area contributed by atoms with Crippen LogP contribution in [-0.4, -0.2) is 35.7 Å². The predicted molar refractivity (Wildman–Crippen MR) is 78.6 cm³/mol. The Morgan fingerprint density at radius 2 is 2.17 bits per heavy atom. The van der Waals surface area contributed by atoms with Crippen LogP contribution in [-0.2, 0) is 0 Å². The van der Waals surface area contributed by atoms with E-state index in [0.717, 1.165) is 31.1 Å². The van der Waals surface area contributed by atoms with Crippen LogP contribution in [0.5, 0.6) is 5.88 Å². The quantitative estimate of drug-likeness (QED) is 0.891. The molecule has 2 rings (SSSR count). The van der Waals surface area contributed by atoms with Crippen molar-refractivity contribution < 1.29 is 4.74 Å². The van der Waals surface area contributed by atoms with Crippen molar-refractivity contribution in [2.75, 3.05) is 36.6 Å². The monoisotopic (exact) mass is 267 g/mol. The molecule has 18 heavy (non-hydrogen) atoms. The Balaban J connectivity index is 2.16. The van der Waals surface area contributed by atoms with Gasteiger partial charge in [-0.05, 0) is 18.6 Å². The minimum absolute atomic E-state index is 0.354. The summed E-state index contributed by atoms with van der Waals surface area (Å²) >= 11 is 2.03. The Labute approximate surface area is 113 Å². The molecule has 5 heteroatoms. The largest absolute Gasteiger partial charge is 0.479 e. The van der Waals surface area contributed by atoms with Crippen molar-refractivity contribution in [1.29, 1.82) is 0 Å². The molecule has 1 aromatic rings. The summed E-state index contributed by atoms with van der Waals surface area (Å²) in [4.78, 5) is 6.78. The average Bonchev–Trinajstić information content (AvgIpc) is 2.51. The number of nitrogen functional groups attached to an aromatic ring is 1. The maximum Gasteiger partial charge on any atom is 0.238 e. The maximum atomic E-state index is 5.79. The molecular formula is C13H21N3OS. The molecule has 0 radical (unpaired) electrons. The predicted octanol–water partition coefficient (Wildman–Crippen LogP) is 2.39. The van der Waals surface area contributed by atoms with Gasteiger partial charge in [-0.1, -0.05) is 13.8 Å². The Kier molecular flexibility index (Phi) is 3.90. The Morgan fingerprint density at radius 1 is 1.39 bits per heavy atom. The van der Waals surface area contributed by atoms with Gasteiger partial charge in [0.15, 0.2) is 0 Å². The molecule has 1 aliphatic heterocycles. The molecule has 0 aliphatic carbocycles. The lowest BCUT2D eigenvalue weighted by atomic mass is 10.1. The molecule has 1 saturated heterocycles. The number of anilines is 2. The number of pyridine rings is 1. The first-order chi connectivity index (χ1) is 8.52. The van der Waals surface area contributed by atoms with Gasteiger partial charge in [-0.2, -0.15) is 16.7 Å². The van der Waals surface area contributed by atoms with E-state index in [2.05, 4.69) is 23.7 Å². The third-order valence-corrected chi connectivity index (χ3v) is 4.60. The number of hydrogen-bond acceptors (Lipinski definition) is 5. The van der Waals surface area contributed by atoms with Crippen molar-refractivity contribution in [3.63, 3.8) is 0 Å². The highest BCUT2D eigenvalue weighted by atomic mass is 32.2. The second-order valence-corrected chi connectivity index (χ2v) is 6.92. The van der Waals surface area contributed by atoms with E-state index >= 15 is 0 Å². The lowest BCUT2D eigenvalue weighted by Crippen LogP contribution is -2.27. The maximum absolute atomic E-state index is 5.79. The number of rotatable bonds is 2. The fourth-order valence-corrected chi connectivity index (χ4v) is 3.13. The first-order valence-corrected chi connectivity index (χ1v) is 7.20. The fraction of sp³-hybridized carbons (Fsp3) is 0.615. The van der Waals surface area contributed by atoms with Crippen LogP contribution in [0.25, 0.3) is 0 Å². The van der Waals surface area contributed by atoms with Crippen LogP contribution in [0.2, 0.25) is 0 Å². The van der Waals surface area contributed by atoms with Crippen LogP contribution < -0.4 is 15.4 Å². The first kappa shape index (κ1) is 13.3. The highest BCUT2D eigenvalue weighted by molar-refractivity contribution is 8.00. The van der Waals surface area contributed by atoms with E-state index in [9.17, 15) is 0 Å². The van der Waals surface area contributed by atoms with Crippen molar-refractivity contribution in [1.82, 2.24) is 4.98 Å². The van der Waals surface area contributed by atoms with E-state index in [1.807, 2.05) is 23.9 Å². The first-order valence-electron chi connectivity index (χ1n) is 6.21. The molecule has 0 saturated carbocycles. The van der Waals surface area contributed by atoms with E-state index in [0.29, 0.717) is 16.3 Å². The molecule has 0 amide bonds. The van der Waals surface area contributed by atoms with Gasteiger partial charge in [-0.3, -0.25) is 0 Å². The summed E-state index contributed by atoms with van der Waals surface area (Å²) in [6.07, 6.45) is 1.16. The molecular weight excluding hydrogens is 246 g/mol. The Morgan fingerprint density at radius 3 is 2.89 bits per heavy atom. The SMILES string of the molecule is COc1nc(N2CCSC(C)(C)CC2)ccc1N. The minimum Gasteiger partial charge on any atom is -0.479 e. The minimum atomic E-state index is 0.354. The van der Waals surface area contributed by atoms with Crippen LogP contribution in [0.3, 0.4) is 0 Å². The molecule has 0 aromatic carbocycles. The number of thioether (sulfide) groups is 1. The van der Waals surface area contributed by atoms with Crippen LogP contribution in [0.4, 0.5) is 11.5 Å². The van der Waals surface area contributed by atoms with Crippen LogP contribution in [0.15, 0.2) is 12.1 Å². The van der Waals surface area contributed by atoms with Crippen molar-refractivity contribution >= 4 is 23.3 Å². The summed E-state index contributed by atoms with van der Waals surface area (Å²) < 4.78 is 5.53. The van der Waals surface area contributed by atoms with Crippen LogP contribution in [0, 0.1) is 0 Å². The van der Waals surface area contributed by atoms with Gasteiger partial charge in [0.2, 0.25) is 5.88 Å². The normalized spacial score (nSPS) is 19.4. The van der Waals surface area contributed by atoms with E-state index in [1.165, 1.54) is 0 Å². The van der Waals surface area contributed by atoms with Crippen molar-refractivity contribution in [2.45, 2.75) is 25.0 Å². The Hall–Kier alpha value is -1.10. The van der Waals surface area contributed by atoms with E-state index in [4.69, 9.17) is 10.5 Å². The molecule has 0 spiro atoms. The summed E-state index contributed by atoms with van der Waals surface area (Å²) in [7, 11) is 1.60. The van der Waals surface area contributed by atoms with Gasteiger partial charge in [0.1, 0.15) is 5.82 Å². The van der Waals surface area contributed by atoms with Crippen molar-refractivity contribution in [2.24, 2.45) is 0 Å². The molecule has 1 aromatic heterocycles. The number of hydrogen-bond donors (Lipinski definition) is 1. The third-order valence-electron chi connectivity index (χ3n) is 3.23. The molecule has 0 unspecified atom stereocenters. The molecule has 0 bridgehead atoms. The Bertz CT molecular complexity index is 423. The summed E-state index contributed by atoms with van der Waals surface area (Å²) in [5.74, 6) is 2.60. The van der Waals surface area contributed by atoms with Gasteiger partial charge in [-0.25, -0.2) is 0 Å². The highest BCUT2D eigenvalue weighted by Gasteiger charge is 2.24. The molecule has 1 aliphatic rings. The standard InChI is InChI=1S/C13H21N3OS/c1-13(2)6-7-16(8-9-18-13)11-5-4-10(14)12(15-11)17-3/h4-5H,6-9,14H2,1-3H3. The lowest BCUT2D eigenvalue weighted by Gasteiger charge is -2.23. The summed E-state index contributed by atoms with van der Waals surface area (Å²) in [5.41, 5.74) is 6.38. The van der Waals surface area contributed by atoms with Gasteiger partial charge in [0.25, 0.3) is 0 Å². The molecule has 1 fully saturated rings. The number of nitrogens with zero attached hydrogens (tertiary/aromatic N) is 2. The molecule has 4 nitrogen and oxygen atoms in total. The van der Waals surface area contributed by atoms with Gasteiger partial charge in [-0.15, -0.1) is 0 Å². The fourth-order valence-electron chi connectivity index (χ4n) is 2.03. The van der Waals surface area contributed by atoms with Crippen molar-refractivity contribution in [3.8, 4) is 5.88 Å². The smallest absolute Gasteiger partial charge is 0.238 e. The van der Waals surface area contributed by atoms with E-state index in [-0.39, 0.29) is 0 Å². The number of methoxy groups -OCH3 is 1. The molecule has 2 heterocycles. The second-order valence-electron chi connectivity index (χ2n) is 5.11. The number of ether oxygens (including phenoxy) is 1. The second kappa shape index (κ2) is 5.26. The zero-order chi connectivity index (χ0) is 13.2. The highest BCUT2D eigenvalue weighted by Crippen LogP contribution is 2.32. The third kappa shape index (κ3) is 3.02. The summed E-state index contributed by atoms with van der Waals surface area (Å²) in [6, 6.07) is 3.84. The van der Waals surface area contributed by atoms with Gasteiger partial charge >= 0.3 is 0 Å². The van der Waals surface area contributed by atoms with Crippen LogP contribution >= 0.6 is 11.8 Å². The zero-order valence-corrected chi connectivity index (χ0v) is 12.1. The topological polar surface area (TPSA) is 51.4 Å². The zero-order valence-electron chi connectivity index (χ0n) is 11.3. The van der Waals surface area contributed by atoms with Gasteiger partial charge in [0, 0.05) is 23.6 Å². The van der Waals surface area contributed by atoms with Crippen LogP contribution in [0.1, 0.15) is 20.3 Å². The average molecular weight is 267 g/mol. The lowest BCUT2D eigenvalue weighted by molar-refractivity contribution is 0.400. The molecule has 0 atom stereocenters. The van der Waals surface area contributed by atoms with E-state index in [1.54, 1.807) is 7.11 Å². The van der Waals surface area contributed by atoms with E-state index < -0.39 is 0 Å². The summed E-state index contributed by atoms with van der Waals surface area (Å²) in [6.45, 7) is 6.66. The number of nitrogens with two attached hydrogens (primary N) is 1. The molecule has 100 valence electrons.